The zero-order valence-corrected chi connectivity index (χ0v) is 8.49. The van der Waals surface area contributed by atoms with Gasteiger partial charge in [-0.15, -0.1) is 0 Å². The second kappa shape index (κ2) is 5.55. The Morgan fingerprint density at radius 2 is 1.79 bits per heavy atom. The lowest BCUT2D eigenvalue weighted by Gasteiger charge is -2.01. The maximum absolute atomic E-state index is 10.7. The minimum Gasteiger partial charge on any atom is -0.392 e. The SMILES string of the molecule is CC(=O)CCCc1ccc(CO)cc1. The first kappa shape index (κ1) is 10.9. The fraction of sp³-hybridized carbons (Fsp3) is 0.417. The largest absolute Gasteiger partial charge is 0.392 e. The average molecular weight is 192 g/mol. The van der Waals surface area contributed by atoms with E-state index >= 15 is 0 Å². The van der Waals surface area contributed by atoms with Gasteiger partial charge in [-0.1, -0.05) is 24.3 Å². The van der Waals surface area contributed by atoms with E-state index in [9.17, 15) is 4.79 Å². The van der Waals surface area contributed by atoms with Crippen molar-refractivity contribution in [2.45, 2.75) is 32.8 Å². The molecule has 1 aromatic carbocycles. The maximum atomic E-state index is 10.7. The number of hydrogen-bond donors (Lipinski definition) is 1. The van der Waals surface area contributed by atoms with Gasteiger partial charge in [-0.25, -0.2) is 0 Å². The topological polar surface area (TPSA) is 37.3 Å². The summed E-state index contributed by atoms with van der Waals surface area (Å²) in [6.07, 6.45) is 2.50. The third-order valence-corrected chi connectivity index (χ3v) is 2.20. The normalized spacial score (nSPS) is 10.1. The molecule has 0 saturated heterocycles. The second-order valence-electron chi connectivity index (χ2n) is 3.53. The van der Waals surface area contributed by atoms with E-state index < -0.39 is 0 Å². The molecule has 1 N–H and O–H groups in total. The molecule has 0 aliphatic rings. The monoisotopic (exact) mass is 192 g/mol. The Hall–Kier alpha value is -1.15. The van der Waals surface area contributed by atoms with Gasteiger partial charge in [-0.2, -0.15) is 0 Å². The van der Waals surface area contributed by atoms with Crippen LogP contribution in [0, 0.1) is 0 Å². The number of carbonyl (C=O) groups is 1. The second-order valence-corrected chi connectivity index (χ2v) is 3.53. The third kappa shape index (κ3) is 3.71. The van der Waals surface area contributed by atoms with Gasteiger partial charge in [-0.3, -0.25) is 0 Å². The number of rotatable bonds is 5. The Balaban J connectivity index is 2.40. The molecule has 1 rings (SSSR count). The van der Waals surface area contributed by atoms with Gasteiger partial charge in [0.1, 0.15) is 5.78 Å². The van der Waals surface area contributed by atoms with Gasteiger partial charge in [0, 0.05) is 6.42 Å². The number of hydrogen-bond acceptors (Lipinski definition) is 2. The van der Waals surface area contributed by atoms with E-state index in [0.717, 1.165) is 18.4 Å². The van der Waals surface area contributed by atoms with E-state index in [1.807, 2.05) is 24.3 Å². The predicted octanol–water partition coefficient (Wildman–Crippen LogP) is 2.09. The van der Waals surface area contributed by atoms with Gasteiger partial charge >= 0.3 is 0 Å². The van der Waals surface area contributed by atoms with Gasteiger partial charge < -0.3 is 9.90 Å². The van der Waals surface area contributed by atoms with Gasteiger partial charge in [0.15, 0.2) is 0 Å². The van der Waals surface area contributed by atoms with E-state index in [4.69, 9.17) is 5.11 Å². The minimum atomic E-state index is 0.0910. The van der Waals surface area contributed by atoms with E-state index in [0.29, 0.717) is 6.42 Å². The van der Waals surface area contributed by atoms with Crippen LogP contribution in [-0.4, -0.2) is 10.9 Å². The molecule has 0 heterocycles. The number of ketones is 1. The molecule has 0 unspecified atom stereocenters. The van der Waals surface area contributed by atoms with Gasteiger partial charge in [0.05, 0.1) is 6.61 Å². The summed E-state index contributed by atoms with van der Waals surface area (Å²) < 4.78 is 0. The summed E-state index contributed by atoms with van der Waals surface area (Å²) in [6.45, 7) is 1.71. The van der Waals surface area contributed by atoms with Gasteiger partial charge in [0.25, 0.3) is 0 Å². The first-order valence-corrected chi connectivity index (χ1v) is 4.90. The summed E-state index contributed by atoms with van der Waals surface area (Å²) in [5.41, 5.74) is 2.16. The summed E-state index contributed by atoms with van der Waals surface area (Å²) in [5.74, 6) is 0.247. The fourth-order valence-corrected chi connectivity index (χ4v) is 1.35. The molecule has 0 amide bonds. The predicted molar refractivity (Wildman–Crippen MR) is 56.0 cm³/mol. The zero-order valence-electron chi connectivity index (χ0n) is 8.49. The molecular weight excluding hydrogens is 176 g/mol. The Kier molecular flexibility index (Phi) is 4.33. The first-order chi connectivity index (χ1) is 6.72. The summed E-state index contributed by atoms with van der Waals surface area (Å²) in [7, 11) is 0. The van der Waals surface area contributed by atoms with Crippen LogP contribution >= 0.6 is 0 Å². The van der Waals surface area contributed by atoms with Crippen LogP contribution in [-0.2, 0) is 17.8 Å². The van der Waals surface area contributed by atoms with Crippen molar-refractivity contribution >= 4 is 5.78 Å². The van der Waals surface area contributed by atoms with Crippen molar-refractivity contribution in [3.63, 3.8) is 0 Å². The quantitative estimate of drug-likeness (QED) is 0.775. The molecule has 0 saturated carbocycles. The highest BCUT2D eigenvalue weighted by molar-refractivity contribution is 5.75. The molecule has 1 aromatic rings. The van der Waals surface area contributed by atoms with Crippen LogP contribution in [0.25, 0.3) is 0 Å². The van der Waals surface area contributed by atoms with Crippen LogP contribution < -0.4 is 0 Å². The Morgan fingerprint density at radius 3 is 2.29 bits per heavy atom. The van der Waals surface area contributed by atoms with Crippen molar-refractivity contribution < 1.29 is 9.90 Å². The molecule has 0 fully saturated rings. The van der Waals surface area contributed by atoms with E-state index in [1.54, 1.807) is 6.92 Å². The lowest BCUT2D eigenvalue weighted by atomic mass is 10.1. The van der Waals surface area contributed by atoms with Crippen molar-refractivity contribution in [2.75, 3.05) is 0 Å². The van der Waals surface area contributed by atoms with Crippen LogP contribution in [0.2, 0.25) is 0 Å². The van der Waals surface area contributed by atoms with Crippen LogP contribution in [0.1, 0.15) is 30.9 Å². The first-order valence-electron chi connectivity index (χ1n) is 4.90. The van der Waals surface area contributed by atoms with Crippen molar-refractivity contribution in [2.24, 2.45) is 0 Å². The van der Waals surface area contributed by atoms with Crippen LogP contribution in [0.15, 0.2) is 24.3 Å². The molecule has 0 aliphatic heterocycles. The van der Waals surface area contributed by atoms with Crippen LogP contribution in [0.3, 0.4) is 0 Å². The van der Waals surface area contributed by atoms with Crippen LogP contribution in [0.4, 0.5) is 0 Å². The summed E-state index contributed by atoms with van der Waals surface area (Å²) in [5, 5.41) is 8.83. The molecule has 0 aliphatic carbocycles. The van der Waals surface area contributed by atoms with Crippen molar-refractivity contribution in [1.82, 2.24) is 0 Å². The number of benzene rings is 1. The summed E-state index contributed by atoms with van der Waals surface area (Å²) in [6, 6.07) is 7.85. The Morgan fingerprint density at radius 1 is 1.21 bits per heavy atom. The molecule has 0 atom stereocenters. The van der Waals surface area contributed by atoms with Gasteiger partial charge in [-0.05, 0) is 30.9 Å². The van der Waals surface area contributed by atoms with E-state index in [1.165, 1.54) is 5.56 Å². The van der Waals surface area contributed by atoms with Gasteiger partial charge in [0.2, 0.25) is 0 Å². The standard InChI is InChI=1S/C12H16O2/c1-10(14)3-2-4-11-5-7-12(9-13)8-6-11/h5-8,13H,2-4,9H2,1H3. The lowest BCUT2D eigenvalue weighted by molar-refractivity contribution is -0.117. The molecule has 14 heavy (non-hydrogen) atoms. The average Bonchev–Trinajstić information content (AvgIpc) is 2.18. The molecule has 2 nitrogen and oxygen atoms in total. The highest BCUT2D eigenvalue weighted by Crippen LogP contribution is 2.08. The third-order valence-electron chi connectivity index (χ3n) is 2.20. The summed E-state index contributed by atoms with van der Waals surface area (Å²) in [4.78, 5) is 10.7. The Labute approximate surface area is 84.6 Å². The molecular formula is C12H16O2. The van der Waals surface area contributed by atoms with Crippen LogP contribution in [0.5, 0.6) is 0 Å². The maximum Gasteiger partial charge on any atom is 0.129 e. The number of carbonyl (C=O) groups excluding carboxylic acids is 1. The molecule has 0 spiro atoms. The highest BCUT2D eigenvalue weighted by atomic mass is 16.3. The van der Waals surface area contributed by atoms with Crippen molar-refractivity contribution in [3.05, 3.63) is 35.4 Å². The molecule has 0 bridgehead atoms. The number of Topliss-reactive ketones (excluding diaryl/α,β-unsaturated/α-hetero) is 1. The number of aliphatic hydroxyl groups excluding tert-OH is 1. The lowest BCUT2D eigenvalue weighted by Crippen LogP contribution is -1.93. The Bertz CT molecular complexity index is 288. The zero-order chi connectivity index (χ0) is 10.4. The molecule has 0 radical (unpaired) electrons. The fourth-order valence-electron chi connectivity index (χ4n) is 1.35. The number of aliphatic hydroxyl groups is 1. The molecule has 2 heteroatoms. The van der Waals surface area contributed by atoms with E-state index in [2.05, 4.69) is 0 Å². The minimum absolute atomic E-state index is 0.0910. The highest BCUT2D eigenvalue weighted by Gasteiger charge is 1.96. The smallest absolute Gasteiger partial charge is 0.129 e. The molecule has 0 aromatic heterocycles. The number of aryl methyl sites for hydroxylation is 1. The van der Waals surface area contributed by atoms with Crippen molar-refractivity contribution in [1.29, 1.82) is 0 Å². The van der Waals surface area contributed by atoms with E-state index in [-0.39, 0.29) is 12.4 Å². The molecule has 76 valence electrons. The van der Waals surface area contributed by atoms with Crippen molar-refractivity contribution in [3.8, 4) is 0 Å². The summed E-state index contributed by atoms with van der Waals surface area (Å²) >= 11 is 0.